The van der Waals surface area contributed by atoms with Gasteiger partial charge in [0.2, 0.25) is 0 Å². The lowest BCUT2D eigenvalue weighted by atomic mass is 10.0. The summed E-state index contributed by atoms with van der Waals surface area (Å²) in [4.78, 5) is 19.2. The second-order valence-corrected chi connectivity index (χ2v) is 4.87. The van der Waals surface area contributed by atoms with E-state index in [4.69, 9.17) is 0 Å². The van der Waals surface area contributed by atoms with Gasteiger partial charge in [0.25, 0.3) is 5.91 Å². The molecule has 0 aliphatic heterocycles. The lowest BCUT2D eigenvalue weighted by Gasteiger charge is -2.18. The van der Waals surface area contributed by atoms with Crippen LogP contribution in [0.15, 0.2) is 48.3 Å². The Hall–Kier alpha value is -2.87. The first-order valence-electron chi connectivity index (χ1n) is 7.21. The number of imidazole rings is 1. The number of carbonyl (C=O) groups is 1. The van der Waals surface area contributed by atoms with Crippen molar-refractivity contribution in [1.29, 1.82) is 5.26 Å². The van der Waals surface area contributed by atoms with Crippen LogP contribution in [0.25, 0.3) is 6.08 Å². The van der Waals surface area contributed by atoms with Crippen LogP contribution in [0.2, 0.25) is 0 Å². The van der Waals surface area contributed by atoms with Crippen LogP contribution in [0, 0.1) is 11.3 Å². The van der Waals surface area contributed by atoms with E-state index in [-0.39, 0.29) is 17.5 Å². The van der Waals surface area contributed by atoms with Gasteiger partial charge >= 0.3 is 0 Å². The highest BCUT2D eigenvalue weighted by Gasteiger charge is 2.16. The van der Waals surface area contributed by atoms with Crippen molar-refractivity contribution >= 4 is 12.0 Å². The summed E-state index contributed by atoms with van der Waals surface area (Å²) in [5.41, 5.74) is 1.07. The Morgan fingerprint density at radius 2 is 2.23 bits per heavy atom. The van der Waals surface area contributed by atoms with Crippen LogP contribution < -0.4 is 5.32 Å². The molecule has 112 valence electrons. The zero-order valence-corrected chi connectivity index (χ0v) is 12.4. The fraction of sp³-hybridized carbons (Fsp3) is 0.235. The molecule has 1 heterocycles. The third-order valence-corrected chi connectivity index (χ3v) is 3.25. The number of amides is 1. The molecule has 2 N–H and O–H groups in total. The molecule has 5 heteroatoms. The largest absolute Gasteiger partial charge is 0.345 e. The maximum atomic E-state index is 12.3. The fourth-order valence-electron chi connectivity index (χ4n) is 2.17. The van der Waals surface area contributed by atoms with E-state index in [2.05, 4.69) is 22.2 Å². The number of aromatic nitrogens is 2. The minimum Gasteiger partial charge on any atom is -0.345 e. The van der Waals surface area contributed by atoms with Crippen LogP contribution in [0.5, 0.6) is 0 Å². The molecule has 1 unspecified atom stereocenters. The average Bonchev–Trinajstić information content (AvgIpc) is 3.06. The molecule has 2 aromatic rings. The quantitative estimate of drug-likeness (QED) is 0.634. The Morgan fingerprint density at radius 3 is 2.82 bits per heavy atom. The van der Waals surface area contributed by atoms with Crippen molar-refractivity contribution in [3.05, 3.63) is 59.7 Å². The van der Waals surface area contributed by atoms with E-state index in [9.17, 15) is 10.1 Å². The zero-order chi connectivity index (χ0) is 15.8. The molecule has 0 spiro atoms. The maximum absolute atomic E-state index is 12.3. The van der Waals surface area contributed by atoms with Gasteiger partial charge in [0.05, 0.1) is 6.04 Å². The fourth-order valence-corrected chi connectivity index (χ4v) is 2.17. The Morgan fingerprint density at radius 1 is 1.45 bits per heavy atom. The van der Waals surface area contributed by atoms with Gasteiger partial charge in [0.1, 0.15) is 17.5 Å². The third-order valence-electron chi connectivity index (χ3n) is 3.25. The van der Waals surface area contributed by atoms with E-state index in [1.807, 2.05) is 36.4 Å². The van der Waals surface area contributed by atoms with Crippen molar-refractivity contribution in [3.63, 3.8) is 0 Å². The number of hydrogen-bond acceptors (Lipinski definition) is 3. The minimum absolute atomic E-state index is 0.0342. The van der Waals surface area contributed by atoms with E-state index < -0.39 is 0 Å². The van der Waals surface area contributed by atoms with E-state index in [1.165, 1.54) is 6.08 Å². The standard InChI is InChI=1S/C17H18N4O/c1-2-6-15(13-7-4-3-5-8-13)21-17(22)14(12-18)11-16-19-9-10-20-16/h3-5,7-11,15H,2,6H2,1H3,(H,19,20)(H,21,22). The maximum Gasteiger partial charge on any atom is 0.262 e. The van der Waals surface area contributed by atoms with Gasteiger partial charge in [0.15, 0.2) is 0 Å². The summed E-state index contributed by atoms with van der Waals surface area (Å²) < 4.78 is 0. The smallest absolute Gasteiger partial charge is 0.262 e. The Balaban J connectivity index is 2.15. The first-order valence-corrected chi connectivity index (χ1v) is 7.21. The van der Waals surface area contributed by atoms with Crippen LogP contribution in [-0.4, -0.2) is 15.9 Å². The van der Waals surface area contributed by atoms with Crippen molar-refractivity contribution in [2.24, 2.45) is 0 Å². The number of nitrogens with zero attached hydrogens (tertiary/aromatic N) is 2. The molecule has 0 saturated carbocycles. The number of hydrogen-bond donors (Lipinski definition) is 2. The van der Waals surface area contributed by atoms with Crippen molar-refractivity contribution < 1.29 is 4.79 Å². The molecule has 0 saturated heterocycles. The zero-order valence-electron chi connectivity index (χ0n) is 12.4. The molecule has 1 aromatic heterocycles. The number of aromatic amines is 1. The molecule has 2 rings (SSSR count). The first-order chi connectivity index (χ1) is 10.7. The van der Waals surface area contributed by atoms with Crippen LogP contribution in [0.3, 0.4) is 0 Å². The second-order valence-electron chi connectivity index (χ2n) is 4.87. The molecule has 1 aromatic carbocycles. The van der Waals surface area contributed by atoms with Crippen LogP contribution in [0.4, 0.5) is 0 Å². The van der Waals surface area contributed by atoms with Gasteiger partial charge in [-0.3, -0.25) is 4.79 Å². The molecule has 1 amide bonds. The van der Waals surface area contributed by atoms with Gasteiger partial charge in [-0.1, -0.05) is 43.7 Å². The van der Waals surface area contributed by atoms with Gasteiger partial charge < -0.3 is 10.3 Å². The highest BCUT2D eigenvalue weighted by molar-refractivity contribution is 6.01. The van der Waals surface area contributed by atoms with E-state index >= 15 is 0 Å². The van der Waals surface area contributed by atoms with Crippen LogP contribution in [0.1, 0.15) is 37.2 Å². The van der Waals surface area contributed by atoms with Gasteiger partial charge in [-0.05, 0) is 12.0 Å². The number of rotatable bonds is 6. The highest BCUT2D eigenvalue weighted by Crippen LogP contribution is 2.18. The molecular formula is C17H18N4O. The monoisotopic (exact) mass is 294 g/mol. The first kappa shape index (κ1) is 15.5. The molecule has 1 atom stereocenters. The minimum atomic E-state index is -0.388. The predicted octanol–water partition coefficient (Wildman–Crippen LogP) is 2.97. The van der Waals surface area contributed by atoms with E-state index in [1.54, 1.807) is 12.4 Å². The van der Waals surface area contributed by atoms with E-state index in [0.717, 1.165) is 18.4 Å². The lowest BCUT2D eigenvalue weighted by molar-refractivity contribution is -0.117. The third kappa shape index (κ3) is 4.06. The van der Waals surface area contributed by atoms with Crippen LogP contribution >= 0.6 is 0 Å². The SMILES string of the molecule is CCCC(NC(=O)C(C#N)=Cc1ncc[nH]1)c1ccccc1. The summed E-state index contributed by atoms with van der Waals surface area (Å²) in [5.74, 6) is 0.0969. The highest BCUT2D eigenvalue weighted by atomic mass is 16.1. The Bertz CT molecular complexity index is 668. The summed E-state index contributed by atoms with van der Waals surface area (Å²) in [6, 6.07) is 11.6. The van der Waals surface area contributed by atoms with E-state index in [0.29, 0.717) is 5.82 Å². The molecular weight excluding hydrogens is 276 g/mol. The van der Waals surface area contributed by atoms with Gasteiger partial charge in [-0.25, -0.2) is 4.98 Å². The molecule has 0 bridgehead atoms. The topological polar surface area (TPSA) is 81.6 Å². The van der Waals surface area contributed by atoms with Crippen molar-refractivity contribution in [3.8, 4) is 6.07 Å². The Labute approximate surface area is 129 Å². The second kappa shape index (κ2) is 7.79. The van der Waals surface area contributed by atoms with Gasteiger partial charge in [-0.15, -0.1) is 0 Å². The summed E-state index contributed by atoms with van der Waals surface area (Å²) in [6.45, 7) is 2.06. The lowest BCUT2D eigenvalue weighted by Crippen LogP contribution is -2.29. The molecule has 22 heavy (non-hydrogen) atoms. The number of carbonyl (C=O) groups excluding carboxylic acids is 1. The summed E-state index contributed by atoms with van der Waals surface area (Å²) in [7, 11) is 0. The van der Waals surface area contributed by atoms with Crippen molar-refractivity contribution in [1.82, 2.24) is 15.3 Å². The summed E-state index contributed by atoms with van der Waals surface area (Å²) in [5, 5.41) is 12.1. The normalized spacial score (nSPS) is 12.5. The predicted molar refractivity (Wildman–Crippen MR) is 84.4 cm³/mol. The van der Waals surface area contributed by atoms with Gasteiger partial charge in [0, 0.05) is 18.5 Å². The number of benzene rings is 1. The molecule has 0 radical (unpaired) electrons. The number of nitrogens with one attached hydrogen (secondary N) is 2. The Kier molecular flexibility index (Phi) is 5.50. The van der Waals surface area contributed by atoms with Gasteiger partial charge in [-0.2, -0.15) is 5.26 Å². The summed E-state index contributed by atoms with van der Waals surface area (Å²) >= 11 is 0. The van der Waals surface area contributed by atoms with Crippen molar-refractivity contribution in [2.75, 3.05) is 0 Å². The number of nitriles is 1. The molecule has 0 aliphatic rings. The summed E-state index contributed by atoms with van der Waals surface area (Å²) in [6.07, 6.45) is 6.41. The van der Waals surface area contributed by atoms with Crippen LogP contribution in [-0.2, 0) is 4.79 Å². The molecule has 5 nitrogen and oxygen atoms in total. The number of H-pyrrole nitrogens is 1. The molecule has 0 aliphatic carbocycles. The van der Waals surface area contributed by atoms with Crippen molar-refractivity contribution in [2.45, 2.75) is 25.8 Å². The molecule has 0 fully saturated rings. The average molecular weight is 294 g/mol.